The van der Waals surface area contributed by atoms with E-state index in [0.717, 1.165) is 25.4 Å². The first-order valence-electron chi connectivity index (χ1n) is 9.21. The number of aromatic nitrogens is 1. The Morgan fingerprint density at radius 1 is 1.12 bits per heavy atom. The lowest BCUT2D eigenvalue weighted by Crippen LogP contribution is -2.35. The summed E-state index contributed by atoms with van der Waals surface area (Å²) in [6, 6.07) is 8.20. The molecule has 174 valence electrons. The third kappa shape index (κ3) is 5.75. The van der Waals surface area contributed by atoms with Gasteiger partial charge in [-0.2, -0.15) is 17.5 Å². The highest BCUT2D eigenvalue weighted by Crippen LogP contribution is 2.36. The van der Waals surface area contributed by atoms with E-state index in [1.807, 2.05) is 0 Å². The highest BCUT2D eigenvalue weighted by molar-refractivity contribution is 7.89. The van der Waals surface area contributed by atoms with Crippen LogP contribution >= 0.6 is 0 Å². The van der Waals surface area contributed by atoms with E-state index in [1.165, 1.54) is 36.7 Å². The molecule has 3 rings (SSSR count). The minimum Gasteiger partial charge on any atom is -0.459 e. The van der Waals surface area contributed by atoms with Gasteiger partial charge in [-0.1, -0.05) is 0 Å². The number of rotatable bonds is 7. The maximum atomic E-state index is 13.6. The van der Waals surface area contributed by atoms with E-state index >= 15 is 0 Å². The molecule has 0 spiro atoms. The summed E-state index contributed by atoms with van der Waals surface area (Å²) in [6.07, 6.45) is -1.19. The zero-order valence-corrected chi connectivity index (χ0v) is 17.8. The van der Waals surface area contributed by atoms with Gasteiger partial charge in [0.1, 0.15) is 4.90 Å². The number of alkyl halides is 3. The summed E-state index contributed by atoms with van der Waals surface area (Å²) in [5.41, 5.74) is -2.01. The molecule has 0 aliphatic heterocycles. The first kappa shape index (κ1) is 23.9. The van der Waals surface area contributed by atoms with E-state index in [1.54, 1.807) is 0 Å². The van der Waals surface area contributed by atoms with E-state index in [0.29, 0.717) is 10.4 Å². The Hall–Kier alpha value is -3.71. The van der Waals surface area contributed by atoms with Gasteiger partial charge in [-0.3, -0.25) is 14.6 Å². The van der Waals surface area contributed by atoms with Gasteiger partial charge in [-0.15, -0.1) is 0 Å². The molecule has 0 fully saturated rings. The fourth-order valence-electron chi connectivity index (χ4n) is 2.72. The SMILES string of the molecule is CN(CC(=O)Nc1ccc(NC(=O)c2ccco2)cc1C(F)(F)F)S(=O)(=O)c1cccnc1. The molecule has 0 bridgehead atoms. The minimum atomic E-state index is -4.87. The maximum absolute atomic E-state index is 13.6. The van der Waals surface area contributed by atoms with Crippen LogP contribution in [0.15, 0.2) is 70.4 Å². The van der Waals surface area contributed by atoms with Crippen LogP contribution in [0.2, 0.25) is 0 Å². The number of hydrogen-bond acceptors (Lipinski definition) is 6. The summed E-state index contributed by atoms with van der Waals surface area (Å²) in [6.45, 7) is -0.745. The standard InChI is InChI=1S/C20H17F3N4O5S/c1-27(33(30,31)14-4-2-8-24-11-14)12-18(28)26-16-7-6-13(10-15(16)20(21,22)23)25-19(29)17-5-3-9-32-17/h2-11H,12H2,1H3,(H,25,29)(H,26,28). The first-order valence-corrected chi connectivity index (χ1v) is 10.6. The van der Waals surface area contributed by atoms with Crippen molar-refractivity contribution < 1.29 is 35.6 Å². The van der Waals surface area contributed by atoms with Crippen molar-refractivity contribution in [2.24, 2.45) is 0 Å². The number of furan rings is 1. The Kier molecular flexibility index (Phi) is 6.84. The molecule has 2 aromatic heterocycles. The lowest BCUT2D eigenvalue weighted by Gasteiger charge is -2.19. The molecule has 0 radical (unpaired) electrons. The highest BCUT2D eigenvalue weighted by atomic mass is 32.2. The van der Waals surface area contributed by atoms with Crippen molar-refractivity contribution >= 4 is 33.2 Å². The van der Waals surface area contributed by atoms with E-state index in [9.17, 15) is 31.2 Å². The number of benzene rings is 1. The van der Waals surface area contributed by atoms with Crippen LogP contribution < -0.4 is 10.6 Å². The van der Waals surface area contributed by atoms with Crippen LogP contribution in [0, 0.1) is 0 Å². The van der Waals surface area contributed by atoms with Crippen molar-refractivity contribution in [3.05, 3.63) is 72.4 Å². The fourth-order valence-corrected chi connectivity index (χ4v) is 3.81. The monoisotopic (exact) mass is 482 g/mol. The summed E-state index contributed by atoms with van der Waals surface area (Å²) >= 11 is 0. The molecule has 9 nitrogen and oxygen atoms in total. The largest absolute Gasteiger partial charge is 0.459 e. The van der Waals surface area contributed by atoms with Crippen LogP contribution in [-0.2, 0) is 21.0 Å². The number of carbonyl (C=O) groups is 2. The van der Waals surface area contributed by atoms with Crippen LogP contribution in [-0.4, -0.2) is 43.1 Å². The number of amides is 2. The predicted molar refractivity (Wildman–Crippen MR) is 111 cm³/mol. The number of hydrogen-bond donors (Lipinski definition) is 2. The maximum Gasteiger partial charge on any atom is 0.418 e. The molecule has 0 aliphatic rings. The van der Waals surface area contributed by atoms with Crippen LogP contribution in [0.3, 0.4) is 0 Å². The molecule has 2 N–H and O–H groups in total. The third-order valence-corrected chi connectivity index (χ3v) is 6.10. The molecule has 0 saturated heterocycles. The molecule has 33 heavy (non-hydrogen) atoms. The van der Waals surface area contributed by atoms with Gasteiger partial charge >= 0.3 is 6.18 Å². The summed E-state index contributed by atoms with van der Waals surface area (Å²) in [4.78, 5) is 27.8. The molecule has 0 saturated carbocycles. The van der Waals surface area contributed by atoms with Crippen LogP contribution in [0.4, 0.5) is 24.5 Å². The Bertz CT molecular complexity index is 1250. The van der Waals surface area contributed by atoms with Crippen molar-refractivity contribution in [3.8, 4) is 0 Å². The second kappa shape index (κ2) is 9.42. The normalized spacial score (nSPS) is 11.9. The number of likely N-dealkylation sites (N-methyl/N-ethyl adjacent to an activating group) is 1. The molecule has 2 amide bonds. The summed E-state index contributed by atoms with van der Waals surface area (Å²) in [7, 11) is -2.96. The zero-order chi connectivity index (χ0) is 24.2. The van der Waals surface area contributed by atoms with Gasteiger partial charge in [-0.25, -0.2) is 8.42 Å². The molecule has 2 heterocycles. The Labute approximate surface area is 186 Å². The zero-order valence-electron chi connectivity index (χ0n) is 17.0. The second-order valence-electron chi connectivity index (χ2n) is 6.69. The van der Waals surface area contributed by atoms with Crippen LogP contribution in [0.1, 0.15) is 16.1 Å². The Morgan fingerprint density at radius 2 is 1.88 bits per heavy atom. The van der Waals surface area contributed by atoms with Gasteiger partial charge in [0.2, 0.25) is 15.9 Å². The van der Waals surface area contributed by atoms with Gasteiger partial charge in [0, 0.05) is 25.1 Å². The Balaban J connectivity index is 1.76. The van der Waals surface area contributed by atoms with E-state index < -0.39 is 45.8 Å². The van der Waals surface area contributed by atoms with Crippen molar-refractivity contribution in [1.82, 2.24) is 9.29 Å². The van der Waals surface area contributed by atoms with Crippen LogP contribution in [0.5, 0.6) is 0 Å². The number of carbonyl (C=O) groups excluding carboxylic acids is 2. The Morgan fingerprint density at radius 3 is 2.48 bits per heavy atom. The molecule has 0 unspecified atom stereocenters. The number of halogens is 3. The molecular weight excluding hydrogens is 465 g/mol. The van der Waals surface area contributed by atoms with Gasteiger partial charge in [0.25, 0.3) is 5.91 Å². The quantitative estimate of drug-likeness (QED) is 0.534. The van der Waals surface area contributed by atoms with Gasteiger partial charge in [0.05, 0.1) is 24.1 Å². The number of nitrogens with zero attached hydrogens (tertiary/aromatic N) is 2. The van der Waals surface area contributed by atoms with E-state index in [4.69, 9.17) is 4.42 Å². The van der Waals surface area contributed by atoms with E-state index in [-0.39, 0.29) is 16.3 Å². The third-order valence-electron chi connectivity index (χ3n) is 4.31. The van der Waals surface area contributed by atoms with Crippen molar-refractivity contribution in [1.29, 1.82) is 0 Å². The van der Waals surface area contributed by atoms with E-state index in [2.05, 4.69) is 15.6 Å². The molecule has 0 atom stereocenters. The molecular formula is C20H17F3N4O5S. The lowest BCUT2D eigenvalue weighted by atomic mass is 10.1. The van der Waals surface area contributed by atoms with Crippen LogP contribution in [0.25, 0.3) is 0 Å². The highest BCUT2D eigenvalue weighted by Gasteiger charge is 2.35. The lowest BCUT2D eigenvalue weighted by molar-refractivity contribution is -0.136. The molecule has 13 heteroatoms. The molecule has 3 aromatic rings. The topological polar surface area (TPSA) is 122 Å². The molecule has 0 aliphatic carbocycles. The minimum absolute atomic E-state index is 0.0983. The van der Waals surface area contributed by atoms with Gasteiger partial charge in [-0.05, 0) is 42.5 Å². The number of anilines is 2. The van der Waals surface area contributed by atoms with Crippen molar-refractivity contribution in [2.75, 3.05) is 24.2 Å². The van der Waals surface area contributed by atoms with Gasteiger partial charge in [0.15, 0.2) is 5.76 Å². The van der Waals surface area contributed by atoms with Crippen molar-refractivity contribution in [2.45, 2.75) is 11.1 Å². The second-order valence-corrected chi connectivity index (χ2v) is 8.73. The van der Waals surface area contributed by atoms with Crippen molar-refractivity contribution in [3.63, 3.8) is 0 Å². The summed E-state index contributed by atoms with van der Waals surface area (Å²) in [5.74, 6) is -1.85. The molecule has 1 aromatic carbocycles. The average Bonchev–Trinajstić information content (AvgIpc) is 3.29. The fraction of sp³-hybridized carbons (Fsp3) is 0.150. The summed E-state index contributed by atoms with van der Waals surface area (Å²) in [5, 5.41) is 4.34. The van der Waals surface area contributed by atoms with Gasteiger partial charge < -0.3 is 15.1 Å². The number of sulfonamides is 1. The smallest absolute Gasteiger partial charge is 0.418 e. The number of pyridine rings is 1. The number of nitrogens with one attached hydrogen (secondary N) is 2. The average molecular weight is 482 g/mol. The predicted octanol–water partition coefficient (Wildman–Crippen LogP) is 3.20. The first-order chi connectivity index (χ1) is 15.5. The summed E-state index contributed by atoms with van der Waals surface area (Å²) < 4.78 is 71.2.